The highest BCUT2D eigenvalue weighted by Crippen LogP contribution is 2.15. The minimum Gasteiger partial charge on any atom is -0.507 e. The third-order valence-electron chi connectivity index (χ3n) is 3.30. The Hall–Kier alpha value is -2.63. The summed E-state index contributed by atoms with van der Waals surface area (Å²) in [7, 11) is 2.31. The van der Waals surface area contributed by atoms with Gasteiger partial charge >= 0.3 is 11.9 Å². The lowest BCUT2D eigenvalue weighted by atomic mass is 10.0. The fourth-order valence-corrected chi connectivity index (χ4v) is 1.94. The lowest BCUT2D eigenvalue weighted by Gasteiger charge is -2.11. The van der Waals surface area contributed by atoms with Crippen molar-refractivity contribution in [3.63, 3.8) is 0 Å². The first-order valence-electron chi connectivity index (χ1n) is 7.05. The molecule has 0 aliphatic carbocycles. The Bertz CT molecular complexity index is 584. The summed E-state index contributed by atoms with van der Waals surface area (Å²) < 4.78 is 9.03. The van der Waals surface area contributed by atoms with Crippen LogP contribution in [0, 0.1) is 12.8 Å². The fourth-order valence-electron chi connectivity index (χ4n) is 1.94. The zero-order valence-corrected chi connectivity index (χ0v) is 13.4. The second kappa shape index (κ2) is 8.73. The highest BCUT2D eigenvalue weighted by Gasteiger charge is 2.28. The van der Waals surface area contributed by atoms with E-state index in [0.717, 1.165) is 25.9 Å². The summed E-state index contributed by atoms with van der Waals surface area (Å²) in [6, 6.07) is 7.02. The van der Waals surface area contributed by atoms with Gasteiger partial charge in [-0.3, -0.25) is 14.4 Å². The van der Waals surface area contributed by atoms with Gasteiger partial charge in [0.05, 0.1) is 14.2 Å². The molecule has 0 aliphatic rings. The molecule has 0 aromatic heterocycles. The monoisotopic (exact) mass is 320 g/mol. The van der Waals surface area contributed by atoms with Gasteiger partial charge < -0.3 is 14.6 Å². The second-order valence-corrected chi connectivity index (χ2v) is 5.00. The average molecular weight is 320 g/mol. The van der Waals surface area contributed by atoms with Crippen LogP contribution >= 0.6 is 0 Å². The number of hydrogen-bond donors (Lipinski definition) is 1. The number of allylic oxidation sites excluding steroid dienone is 1. The van der Waals surface area contributed by atoms with Crippen LogP contribution in [0.15, 0.2) is 30.3 Å². The molecule has 0 atom stereocenters. The van der Waals surface area contributed by atoms with E-state index >= 15 is 0 Å². The summed E-state index contributed by atoms with van der Waals surface area (Å²) in [5, 5.41) is 9.91. The van der Waals surface area contributed by atoms with E-state index in [9.17, 15) is 19.5 Å². The van der Waals surface area contributed by atoms with Gasteiger partial charge in [0.15, 0.2) is 11.7 Å². The Balaban J connectivity index is 2.70. The Morgan fingerprint density at radius 2 is 1.61 bits per heavy atom. The third-order valence-corrected chi connectivity index (χ3v) is 3.30. The molecular weight excluding hydrogens is 300 g/mol. The maximum absolute atomic E-state index is 11.9. The summed E-state index contributed by atoms with van der Waals surface area (Å²) in [5.74, 6) is -3.22. The molecule has 0 fully saturated rings. The molecule has 0 amide bonds. The first-order valence-corrected chi connectivity index (χ1v) is 7.05. The molecule has 23 heavy (non-hydrogen) atoms. The third kappa shape index (κ3) is 5.58. The summed E-state index contributed by atoms with van der Waals surface area (Å²) in [6.07, 6.45) is 0.941. The van der Waals surface area contributed by atoms with Crippen molar-refractivity contribution in [2.75, 3.05) is 14.2 Å². The Morgan fingerprint density at radius 3 is 2.09 bits per heavy atom. The highest BCUT2D eigenvalue weighted by molar-refractivity contribution is 5.98. The number of aliphatic hydroxyl groups excluding tert-OH is 1. The number of aliphatic hydroxyl groups is 1. The molecular formula is C17H20O6. The van der Waals surface area contributed by atoms with Gasteiger partial charge in [-0.05, 0) is 13.3 Å². The number of carbonyl (C=O) groups is 3. The molecule has 124 valence electrons. The molecule has 0 saturated carbocycles. The van der Waals surface area contributed by atoms with E-state index in [-0.39, 0.29) is 18.6 Å². The molecule has 0 radical (unpaired) electrons. The van der Waals surface area contributed by atoms with Gasteiger partial charge in [0, 0.05) is 18.1 Å². The smallest absolute Gasteiger partial charge is 0.320 e. The molecule has 1 aromatic carbocycles. The normalized spacial score (nSPS) is 11.2. The number of ketones is 1. The van der Waals surface area contributed by atoms with Crippen LogP contribution in [0.4, 0.5) is 0 Å². The van der Waals surface area contributed by atoms with E-state index in [1.165, 1.54) is 0 Å². The van der Waals surface area contributed by atoms with Crippen molar-refractivity contribution in [1.82, 2.24) is 0 Å². The Labute approximate surface area is 134 Å². The van der Waals surface area contributed by atoms with Gasteiger partial charge in [0.25, 0.3) is 0 Å². The summed E-state index contributed by atoms with van der Waals surface area (Å²) in [4.78, 5) is 34.9. The van der Waals surface area contributed by atoms with Crippen molar-refractivity contribution in [2.24, 2.45) is 5.92 Å². The van der Waals surface area contributed by atoms with E-state index in [1.54, 1.807) is 12.1 Å². The maximum Gasteiger partial charge on any atom is 0.320 e. The van der Waals surface area contributed by atoms with Gasteiger partial charge in [-0.25, -0.2) is 0 Å². The van der Waals surface area contributed by atoms with Crippen LogP contribution in [0.25, 0.3) is 5.76 Å². The summed E-state index contributed by atoms with van der Waals surface area (Å²) >= 11 is 0. The van der Waals surface area contributed by atoms with Crippen molar-refractivity contribution in [2.45, 2.75) is 19.8 Å². The highest BCUT2D eigenvalue weighted by atomic mass is 16.5. The van der Waals surface area contributed by atoms with Crippen molar-refractivity contribution in [1.29, 1.82) is 0 Å². The van der Waals surface area contributed by atoms with Gasteiger partial charge in [-0.15, -0.1) is 0 Å². The van der Waals surface area contributed by atoms with Crippen LogP contribution in [-0.4, -0.2) is 37.0 Å². The molecule has 1 rings (SSSR count). The van der Waals surface area contributed by atoms with Crippen LogP contribution in [0.3, 0.4) is 0 Å². The molecule has 0 spiro atoms. The van der Waals surface area contributed by atoms with E-state index in [0.29, 0.717) is 5.56 Å². The molecule has 6 nitrogen and oxygen atoms in total. The minimum atomic E-state index is -1.15. The molecule has 0 unspecified atom stereocenters. The molecule has 0 aliphatic heterocycles. The van der Waals surface area contributed by atoms with E-state index in [2.05, 4.69) is 9.47 Å². The van der Waals surface area contributed by atoms with Crippen molar-refractivity contribution in [3.8, 4) is 0 Å². The molecule has 6 heteroatoms. The molecule has 1 N–H and O–H groups in total. The van der Waals surface area contributed by atoms with E-state index in [1.807, 2.05) is 19.1 Å². The van der Waals surface area contributed by atoms with Crippen molar-refractivity contribution >= 4 is 23.5 Å². The van der Waals surface area contributed by atoms with E-state index in [4.69, 9.17) is 0 Å². The average Bonchev–Trinajstić information content (AvgIpc) is 2.54. The fraction of sp³-hybridized carbons (Fsp3) is 0.353. The molecule has 1 aromatic rings. The number of carbonyl (C=O) groups excluding carboxylic acids is 3. The predicted molar refractivity (Wildman–Crippen MR) is 83.5 cm³/mol. The summed E-state index contributed by atoms with van der Waals surface area (Å²) in [6.45, 7) is 1.91. The van der Waals surface area contributed by atoms with Gasteiger partial charge in [0.2, 0.25) is 0 Å². The predicted octanol–water partition coefficient (Wildman–Crippen LogP) is 2.21. The van der Waals surface area contributed by atoms with E-state index < -0.39 is 23.6 Å². The van der Waals surface area contributed by atoms with Crippen LogP contribution in [0.2, 0.25) is 0 Å². The number of hydrogen-bond acceptors (Lipinski definition) is 6. The standard InChI is InChI=1S/C17H20O6/c1-11-4-6-12(7-5-11)15(19)10-13(18)8-9-14(16(20)22-2)17(21)23-3/h4-7,10,14,19H,8-9H2,1-3H3/b15-10-. The van der Waals surface area contributed by atoms with Crippen molar-refractivity contribution in [3.05, 3.63) is 41.5 Å². The van der Waals surface area contributed by atoms with Gasteiger partial charge in [-0.2, -0.15) is 0 Å². The quantitative estimate of drug-likeness (QED) is 0.358. The van der Waals surface area contributed by atoms with Crippen LogP contribution in [0.1, 0.15) is 24.0 Å². The number of benzene rings is 1. The van der Waals surface area contributed by atoms with Crippen LogP contribution < -0.4 is 0 Å². The molecule has 0 heterocycles. The summed E-state index contributed by atoms with van der Waals surface area (Å²) in [5.41, 5.74) is 1.55. The lowest BCUT2D eigenvalue weighted by Crippen LogP contribution is -2.27. The van der Waals surface area contributed by atoms with Crippen molar-refractivity contribution < 1.29 is 29.0 Å². The number of esters is 2. The first kappa shape index (κ1) is 18.4. The van der Waals surface area contributed by atoms with Crippen LogP contribution in [-0.2, 0) is 23.9 Å². The lowest BCUT2D eigenvalue weighted by molar-refractivity contribution is -0.159. The maximum atomic E-state index is 11.9. The molecule has 0 bridgehead atoms. The second-order valence-electron chi connectivity index (χ2n) is 5.00. The number of methoxy groups -OCH3 is 2. The SMILES string of the molecule is COC(=O)C(CCC(=O)/C=C(\O)c1ccc(C)cc1)C(=O)OC. The van der Waals surface area contributed by atoms with Crippen LogP contribution in [0.5, 0.6) is 0 Å². The van der Waals surface area contributed by atoms with Gasteiger partial charge in [0.1, 0.15) is 5.76 Å². The minimum absolute atomic E-state index is 0.0458. The molecule has 0 saturated heterocycles. The zero-order chi connectivity index (χ0) is 17.4. The topological polar surface area (TPSA) is 89.9 Å². The Kier molecular flexibility index (Phi) is 6.99. The number of aryl methyl sites for hydroxylation is 1. The largest absolute Gasteiger partial charge is 0.507 e. The zero-order valence-electron chi connectivity index (χ0n) is 13.4. The van der Waals surface area contributed by atoms with Gasteiger partial charge in [-0.1, -0.05) is 29.8 Å². The Morgan fingerprint density at radius 1 is 1.09 bits per heavy atom. The first-order chi connectivity index (χ1) is 10.9. The number of ether oxygens (including phenoxy) is 2. The number of rotatable bonds is 7.